The Bertz CT molecular complexity index is 403. The van der Waals surface area contributed by atoms with Crippen LogP contribution in [-0.4, -0.2) is 7.85 Å². The van der Waals surface area contributed by atoms with E-state index in [-0.39, 0.29) is 5.41 Å². The lowest BCUT2D eigenvalue weighted by Crippen LogP contribution is -2.28. The van der Waals surface area contributed by atoms with Crippen LogP contribution in [0.1, 0.15) is 58.2 Å². The Labute approximate surface area is 108 Å². The van der Waals surface area contributed by atoms with Crippen LogP contribution in [0, 0.1) is 12.3 Å². The van der Waals surface area contributed by atoms with Crippen molar-refractivity contribution in [2.75, 3.05) is 0 Å². The van der Waals surface area contributed by atoms with Gasteiger partial charge in [-0.25, -0.2) is 0 Å². The molecule has 0 aromatic heterocycles. The standard InChI is InChI=1S/C16H27B/c1-11-8-9-12(10-15(2,3)4)13(14(11)17)16(5,6)7/h8-9H,10,17H2,1-7H3. The molecule has 0 aliphatic heterocycles. The largest absolute Gasteiger partial charge is 0.140 e. The summed E-state index contributed by atoms with van der Waals surface area (Å²) >= 11 is 0. The number of hydrogen-bond donors (Lipinski definition) is 0. The fourth-order valence-corrected chi connectivity index (χ4v) is 2.63. The van der Waals surface area contributed by atoms with Crippen molar-refractivity contribution < 1.29 is 0 Å². The molecule has 0 unspecified atom stereocenters. The molecule has 94 valence electrons. The van der Waals surface area contributed by atoms with E-state index >= 15 is 0 Å². The van der Waals surface area contributed by atoms with Gasteiger partial charge in [-0.3, -0.25) is 0 Å². The molecule has 0 amide bonds. The van der Waals surface area contributed by atoms with Crippen LogP contribution in [0.15, 0.2) is 12.1 Å². The fourth-order valence-electron chi connectivity index (χ4n) is 2.63. The minimum Gasteiger partial charge on any atom is -0.0822 e. The molecule has 17 heavy (non-hydrogen) atoms. The lowest BCUT2D eigenvalue weighted by atomic mass is 9.71. The lowest BCUT2D eigenvalue weighted by Gasteiger charge is -2.30. The van der Waals surface area contributed by atoms with Crippen molar-refractivity contribution >= 4 is 13.3 Å². The maximum absolute atomic E-state index is 2.33. The molecule has 0 bridgehead atoms. The first kappa shape index (κ1) is 14.3. The van der Waals surface area contributed by atoms with Gasteiger partial charge in [0.2, 0.25) is 0 Å². The van der Waals surface area contributed by atoms with Gasteiger partial charge in [0.05, 0.1) is 0 Å². The van der Waals surface area contributed by atoms with Crippen LogP contribution in [0.4, 0.5) is 0 Å². The van der Waals surface area contributed by atoms with Crippen LogP contribution in [0.25, 0.3) is 0 Å². The number of benzene rings is 1. The Morgan fingerprint density at radius 2 is 1.53 bits per heavy atom. The van der Waals surface area contributed by atoms with E-state index in [1.165, 1.54) is 16.6 Å². The van der Waals surface area contributed by atoms with Crippen LogP contribution in [0.3, 0.4) is 0 Å². The first-order chi connectivity index (χ1) is 7.52. The maximum Gasteiger partial charge on any atom is 0.140 e. The molecule has 0 fully saturated rings. The van der Waals surface area contributed by atoms with Crippen LogP contribution in [-0.2, 0) is 11.8 Å². The van der Waals surface area contributed by atoms with Gasteiger partial charge in [0.15, 0.2) is 0 Å². The second-order valence-corrected chi connectivity index (χ2v) is 7.53. The predicted octanol–water partition coefficient (Wildman–Crippen LogP) is 3.14. The van der Waals surface area contributed by atoms with Crippen LogP contribution >= 0.6 is 0 Å². The molecule has 0 aliphatic rings. The normalized spacial score (nSPS) is 12.9. The zero-order valence-corrected chi connectivity index (χ0v) is 12.9. The molecule has 0 saturated heterocycles. The van der Waals surface area contributed by atoms with Crippen molar-refractivity contribution in [2.45, 2.75) is 60.3 Å². The molecule has 1 aromatic carbocycles. The third-order valence-electron chi connectivity index (χ3n) is 3.29. The molecule has 0 nitrogen and oxygen atoms in total. The summed E-state index contributed by atoms with van der Waals surface area (Å²) in [6, 6.07) is 4.60. The van der Waals surface area contributed by atoms with Gasteiger partial charge in [0.25, 0.3) is 0 Å². The van der Waals surface area contributed by atoms with E-state index < -0.39 is 0 Å². The molecule has 0 N–H and O–H groups in total. The van der Waals surface area contributed by atoms with Crippen LogP contribution < -0.4 is 5.46 Å². The van der Waals surface area contributed by atoms with Gasteiger partial charge in [-0.2, -0.15) is 0 Å². The molecule has 0 atom stereocenters. The summed E-state index contributed by atoms with van der Waals surface area (Å²) in [6.07, 6.45) is 1.15. The maximum atomic E-state index is 2.33. The highest BCUT2D eigenvalue weighted by Crippen LogP contribution is 2.29. The van der Waals surface area contributed by atoms with E-state index in [4.69, 9.17) is 0 Å². The molecule has 1 rings (SSSR count). The SMILES string of the molecule is Bc1c(C)ccc(CC(C)(C)C)c1C(C)(C)C. The first-order valence-electron chi connectivity index (χ1n) is 6.62. The average molecular weight is 230 g/mol. The Morgan fingerprint density at radius 1 is 1.00 bits per heavy atom. The summed E-state index contributed by atoms with van der Waals surface area (Å²) in [5.74, 6) is 0. The molecular formula is C16H27B. The predicted molar refractivity (Wildman–Crippen MR) is 81.2 cm³/mol. The zero-order chi connectivity index (χ0) is 13.4. The Kier molecular flexibility index (Phi) is 3.81. The number of rotatable bonds is 1. The summed E-state index contributed by atoms with van der Waals surface area (Å²) in [5.41, 5.74) is 6.53. The van der Waals surface area contributed by atoms with E-state index in [0.717, 1.165) is 6.42 Å². The molecule has 0 aliphatic carbocycles. The van der Waals surface area contributed by atoms with Gasteiger partial charge in [-0.05, 0) is 35.3 Å². The van der Waals surface area contributed by atoms with E-state index in [1.807, 2.05) is 0 Å². The highest BCUT2D eigenvalue weighted by atomic mass is 14.3. The Hall–Kier alpha value is -0.715. The minimum atomic E-state index is 0.233. The van der Waals surface area contributed by atoms with Crippen molar-refractivity contribution in [2.24, 2.45) is 5.41 Å². The highest BCUT2D eigenvalue weighted by molar-refractivity contribution is 6.34. The van der Waals surface area contributed by atoms with E-state index in [0.29, 0.717) is 5.41 Å². The highest BCUT2D eigenvalue weighted by Gasteiger charge is 2.23. The average Bonchev–Trinajstić information content (AvgIpc) is 2.06. The summed E-state index contributed by atoms with van der Waals surface area (Å²) in [5, 5.41) is 0. The summed E-state index contributed by atoms with van der Waals surface area (Å²) in [6.45, 7) is 16.1. The van der Waals surface area contributed by atoms with Crippen molar-refractivity contribution in [1.82, 2.24) is 0 Å². The van der Waals surface area contributed by atoms with Gasteiger partial charge >= 0.3 is 0 Å². The lowest BCUT2D eigenvalue weighted by molar-refractivity contribution is 0.406. The molecule has 0 radical (unpaired) electrons. The summed E-state index contributed by atoms with van der Waals surface area (Å²) in [7, 11) is 2.27. The second kappa shape index (κ2) is 4.51. The van der Waals surface area contributed by atoms with E-state index in [2.05, 4.69) is 68.4 Å². The molecular weight excluding hydrogens is 203 g/mol. The molecule has 1 aromatic rings. The molecule has 0 spiro atoms. The number of hydrogen-bond acceptors (Lipinski definition) is 0. The van der Waals surface area contributed by atoms with Gasteiger partial charge in [-0.15, -0.1) is 0 Å². The minimum absolute atomic E-state index is 0.233. The van der Waals surface area contributed by atoms with Crippen molar-refractivity contribution in [3.63, 3.8) is 0 Å². The Morgan fingerprint density at radius 3 is 1.94 bits per heavy atom. The van der Waals surface area contributed by atoms with Gasteiger partial charge < -0.3 is 0 Å². The topological polar surface area (TPSA) is 0 Å². The Balaban J connectivity index is 3.36. The third-order valence-corrected chi connectivity index (χ3v) is 3.29. The van der Waals surface area contributed by atoms with Crippen LogP contribution in [0.5, 0.6) is 0 Å². The quantitative estimate of drug-likeness (QED) is 0.650. The number of aryl methyl sites for hydroxylation is 1. The fraction of sp³-hybridized carbons (Fsp3) is 0.625. The van der Waals surface area contributed by atoms with Gasteiger partial charge in [-0.1, -0.05) is 64.7 Å². The molecule has 1 heteroatoms. The third kappa shape index (κ3) is 3.62. The van der Waals surface area contributed by atoms with Crippen molar-refractivity contribution in [3.05, 3.63) is 28.8 Å². The first-order valence-corrected chi connectivity index (χ1v) is 6.62. The monoisotopic (exact) mass is 230 g/mol. The molecule has 0 heterocycles. The molecule has 0 saturated carbocycles. The summed E-state index contributed by atoms with van der Waals surface area (Å²) in [4.78, 5) is 0. The van der Waals surface area contributed by atoms with Crippen molar-refractivity contribution in [3.8, 4) is 0 Å². The van der Waals surface area contributed by atoms with Gasteiger partial charge in [0.1, 0.15) is 7.85 Å². The van der Waals surface area contributed by atoms with E-state index in [9.17, 15) is 0 Å². The zero-order valence-electron chi connectivity index (χ0n) is 12.9. The van der Waals surface area contributed by atoms with Crippen molar-refractivity contribution in [1.29, 1.82) is 0 Å². The van der Waals surface area contributed by atoms with Crippen LogP contribution in [0.2, 0.25) is 0 Å². The van der Waals surface area contributed by atoms with E-state index in [1.54, 1.807) is 5.56 Å². The van der Waals surface area contributed by atoms with Gasteiger partial charge in [0, 0.05) is 0 Å². The smallest absolute Gasteiger partial charge is 0.0822 e. The second-order valence-electron chi connectivity index (χ2n) is 7.53. The summed E-state index contributed by atoms with van der Waals surface area (Å²) < 4.78 is 0.